The fourth-order valence-corrected chi connectivity index (χ4v) is 3.33. The minimum Gasteiger partial charge on any atom is -0.236 e. The summed E-state index contributed by atoms with van der Waals surface area (Å²) < 4.78 is 0. The van der Waals surface area contributed by atoms with Crippen LogP contribution in [0.25, 0.3) is 21.7 Å². The summed E-state index contributed by atoms with van der Waals surface area (Å²) in [5.74, 6) is 0. The van der Waals surface area contributed by atoms with Gasteiger partial charge in [-0.3, -0.25) is 0 Å². The molecule has 1 heterocycles. The maximum absolute atomic E-state index is 4.43. The molecule has 0 fully saturated rings. The molecular weight excluding hydrogens is 276 g/mol. The Morgan fingerprint density at radius 1 is 0.714 bits per heavy atom. The predicted molar refractivity (Wildman–Crippen MR) is 87.6 cm³/mol. The molecular formula is C18H12N2S. The Morgan fingerprint density at radius 3 is 2.48 bits per heavy atom. The molecule has 3 aromatic carbocycles. The van der Waals surface area contributed by atoms with E-state index >= 15 is 0 Å². The Bertz CT molecular complexity index is 929. The lowest BCUT2D eigenvalue weighted by Gasteiger charge is -2.05. The molecule has 100 valence electrons. The molecule has 0 unspecified atom stereocenters. The highest BCUT2D eigenvalue weighted by molar-refractivity contribution is 7.99. The maximum atomic E-state index is 4.43. The summed E-state index contributed by atoms with van der Waals surface area (Å²) in [6, 6.07) is 23.0. The van der Waals surface area contributed by atoms with Gasteiger partial charge in [-0.25, -0.2) is 9.97 Å². The van der Waals surface area contributed by atoms with Gasteiger partial charge in [0.2, 0.25) is 0 Å². The first kappa shape index (κ1) is 12.4. The van der Waals surface area contributed by atoms with Crippen LogP contribution >= 0.6 is 11.8 Å². The number of hydrogen-bond donors (Lipinski definition) is 0. The normalized spacial score (nSPS) is 11.0. The van der Waals surface area contributed by atoms with E-state index in [1.807, 2.05) is 18.2 Å². The third kappa shape index (κ3) is 2.36. The van der Waals surface area contributed by atoms with Gasteiger partial charge in [-0.05, 0) is 29.0 Å². The lowest BCUT2D eigenvalue weighted by molar-refractivity contribution is 1.10. The summed E-state index contributed by atoms with van der Waals surface area (Å²) >= 11 is 1.68. The number of aromatic nitrogens is 2. The van der Waals surface area contributed by atoms with Crippen LogP contribution < -0.4 is 0 Å². The Balaban J connectivity index is 1.79. The zero-order chi connectivity index (χ0) is 14.1. The maximum Gasteiger partial charge on any atom is 0.117 e. The second-order valence-corrected chi connectivity index (χ2v) is 5.87. The average Bonchev–Trinajstić information content (AvgIpc) is 2.55. The van der Waals surface area contributed by atoms with Crippen molar-refractivity contribution in [2.24, 2.45) is 0 Å². The number of nitrogens with zero attached hydrogens (tertiary/aromatic N) is 2. The van der Waals surface area contributed by atoms with Crippen LogP contribution in [0.5, 0.6) is 0 Å². The van der Waals surface area contributed by atoms with Gasteiger partial charge in [-0.2, -0.15) is 0 Å². The monoisotopic (exact) mass is 288 g/mol. The van der Waals surface area contributed by atoms with E-state index in [0.29, 0.717) is 0 Å². The number of fused-ring (bicyclic) bond motifs is 2. The second kappa shape index (κ2) is 5.19. The van der Waals surface area contributed by atoms with Crippen molar-refractivity contribution in [1.82, 2.24) is 9.97 Å². The topological polar surface area (TPSA) is 25.8 Å². The van der Waals surface area contributed by atoms with Crippen LogP contribution in [0.3, 0.4) is 0 Å². The van der Waals surface area contributed by atoms with E-state index in [0.717, 1.165) is 15.9 Å². The molecule has 2 nitrogen and oxygen atoms in total. The average molecular weight is 288 g/mol. The second-order valence-electron chi connectivity index (χ2n) is 4.81. The van der Waals surface area contributed by atoms with E-state index < -0.39 is 0 Å². The summed E-state index contributed by atoms with van der Waals surface area (Å²) in [6.07, 6.45) is 1.63. The quantitative estimate of drug-likeness (QED) is 0.489. The number of rotatable bonds is 2. The summed E-state index contributed by atoms with van der Waals surface area (Å²) in [5.41, 5.74) is 0.982. The molecule has 0 aliphatic carbocycles. The smallest absolute Gasteiger partial charge is 0.117 e. The van der Waals surface area contributed by atoms with Gasteiger partial charge in [0.05, 0.1) is 5.52 Å². The van der Waals surface area contributed by atoms with Gasteiger partial charge in [-0.1, -0.05) is 60.3 Å². The largest absolute Gasteiger partial charge is 0.236 e. The molecule has 0 saturated heterocycles. The van der Waals surface area contributed by atoms with Crippen molar-refractivity contribution in [3.8, 4) is 0 Å². The zero-order valence-corrected chi connectivity index (χ0v) is 12.0. The van der Waals surface area contributed by atoms with E-state index in [1.54, 1.807) is 18.1 Å². The van der Waals surface area contributed by atoms with Crippen molar-refractivity contribution >= 4 is 33.4 Å². The molecule has 0 aliphatic rings. The molecule has 4 rings (SSSR count). The Morgan fingerprint density at radius 2 is 1.52 bits per heavy atom. The van der Waals surface area contributed by atoms with Crippen molar-refractivity contribution in [3.05, 3.63) is 73.1 Å². The molecule has 0 bridgehead atoms. The molecule has 3 heteroatoms. The molecule has 21 heavy (non-hydrogen) atoms. The van der Waals surface area contributed by atoms with Gasteiger partial charge in [0.25, 0.3) is 0 Å². The van der Waals surface area contributed by atoms with Crippen LogP contribution in [0.1, 0.15) is 0 Å². The summed E-state index contributed by atoms with van der Waals surface area (Å²) in [5, 5.41) is 4.60. The fourth-order valence-electron chi connectivity index (χ4n) is 2.40. The van der Waals surface area contributed by atoms with E-state index in [1.165, 1.54) is 15.7 Å². The van der Waals surface area contributed by atoms with Crippen LogP contribution in [-0.2, 0) is 0 Å². The summed E-state index contributed by atoms with van der Waals surface area (Å²) in [4.78, 5) is 9.94. The molecule has 0 saturated carbocycles. The molecule has 0 spiro atoms. The SMILES string of the molecule is c1ccc2cc(Sc3ncnc4ccccc34)ccc2c1. The van der Waals surface area contributed by atoms with Crippen molar-refractivity contribution < 1.29 is 0 Å². The van der Waals surface area contributed by atoms with Gasteiger partial charge in [0.1, 0.15) is 11.4 Å². The summed E-state index contributed by atoms with van der Waals surface area (Å²) in [6.45, 7) is 0. The van der Waals surface area contributed by atoms with Gasteiger partial charge in [-0.15, -0.1) is 0 Å². The van der Waals surface area contributed by atoms with Crippen molar-refractivity contribution in [2.75, 3.05) is 0 Å². The lowest BCUT2D eigenvalue weighted by Crippen LogP contribution is -1.86. The third-order valence-electron chi connectivity index (χ3n) is 3.44. The zero-order valence-electron chi connectivity index (χ0n) is 11.2. The minimum atomic E-state index is 0.982. The first-order valence-corrected chi connectivity index (χ1v) is 7.58. The first-order valence-electron chi connectivity index (χ1n) is 6.76. The van der Waals surface area contributed by atoms with Crippen LogP contribution in [0, 0.1) is 0 Å². The molecule has 4 aromatic rings. The molecule has 0 N–H and O–H groups in total. The van der Waals surface area contributed by atoms with Gasteiger partial charge in [0, 0.05) is 10.3 Å². The van der Waals surface area contributed by atoms with Crippen LogP contribution in [0.15, 0.2) is 83.0 Å². The van der Waals surface area contributed by atoms with E-state index in [9.17, 15) is 0 Å². The highest BCUT2D eigenvalue weighted by atomic mass is 32.2. The standard InChI is InChI=1S/C18H12N2S/c1-2-6-14-11-15(10-9-13(14)5-1)21-18-16-7-3-4-8-17(16)19-12-20-18/h1-12H. The molecule has 1 aromatic heterocycles. The van der Waals surface area contributed by atoms with Crippen molar-refractivity contribution in [1.29, 1.82) is 0 Å². The summed E-state index contributed by atoms with van der Waals surface area (Å²) in [7, 11) is 0. The Labute approximate surface area is 126 Å². The number of para-hydroxylation sites is 1. The molecule has 0 radical (unpaired) electrons. The number of benzene rings is 3. The third-order valence-corrected chi connectivity index (χ3v) is 4.45. The lowest BCUT2D eigenvalue weighted by atomic mass is 10.1. The Kier molecular flexibility index (Phi) is 3.05. The van der Waals surface area contributed by atoms with Gasteiger partial charge in [0.15, 0.2) is 0 Å². The van der Waals surface area contributed by atoms with Gasteiger partial charge >= 0.3 is 0 Å². The highest BCUT2D eigenvalue weighted by Gasteiger charge is 2.05. The minimum absolute atomic E-state index is 0.982. The molecule has 0 atom stereocenters. The first-order chi connectivity index (χ1) is 10.4. The van der Waals surface area contributed by atoms with Crippen molar-refractivity contribution in [2.45, 2.75) is 9.92 Å². The predicted octanol–water partition coefficient (Wildman–Crippen LogP) is 4.93. The van der Waals surface area contributed by atoms with Crippen LogP contribution in [0.2, 0.25) is 0 Å². The molecule has 0 aliphatic heterocycles. The van der Waals surface area contributed by atoms with Crippen molar-refractivity contribution in [3.63, 3.8) is 0 Å². The number of hydrogen-bond acceptors (Lipinski definition) is 3. The van der Waals surface area contributed by atoms with Crippen LogP contribution in [0.4, 0.5) is 0 Å². The fraction of sp³-hybridized carbons (Fsp3) is 0. The highest BCUT2D eigenvalue weighted by Crippen LogP contribution is 2.32. The Hall–Kier alpha value is -2.39. The van der Waals surface area contributed by atoms with Gasteiger partial charge < -0.3 is 0 Å². The molecule has 0 amide bonds. The van der Waals surface area contributed by atoms with E-state index in [2.05, 4.69) is 58.5 Å². The van der Waals surface area contributed by atoms with Crippen LogP contribution in [-0.4, -0.2) is 9.97 Å². The van der Waals surface area contributed by atoms with E-state index in [-0.39, 0.29) is 0 Å². The van der Waals surface area contributed by atoms with E-state index in [4.69, 9.17) is 0 Å².